The molecular formula is C29H32F3N7O3. The van der Waals surface area contributed by atoms with Crippen LogP contribution in [-0.4, -0.2) is 72.9 Å². The Morgan fingerprint density at radius 2 is 1.88 bits per heavy atom. The maximum absolute atomic E-state index is 14.3. The summed E-state index contributed by atoms with van der Waals surface area (Å²) in [4.78, 5) is 28.9. The van der Waals surface area contributed by atoms with Crippen molar-refractivity contribution in [3.05, 3.63) is 82.1 Å². The third-order valence-corrected chi connectivity index (χ3v) is 8.49. The van der Waals surface area contributed by atoms with Crippen molar-refractivity contribution in [3.63, 3.8) is 0 Å². The lowest BCUT2D eigenvalue weighted by atomic mass is 9.72. The minimum Gasteiger partial charge on any atom is -0.453 e. The number of nitrogens with zero attached hydrogens (tertiary/aromatic N) is 7. The molecule has 0 bridgehead atoms. The number of halogens is 3. The van der Waals surface area contributed by atoms with E-state index in [1.54, 1.807) is 17.3 Å². The van der Waals surface area contributed by atoms with Crippen LogP contribution in [-0.2, 0) is 24.5 Å². The van der Waals surface area contributed by atoms with Gasteiger partial charge in [-0.3, -0.25) is 13.9 Å². The summed E-state index contributed by atoms with van der Waals surface area (Å²) >= 11 is 0. The van der Waals surface area contributed by atoms with Crippen molar-refractivity contribution in [2.75, 3.05) is 33.3 Å². The highest BCUT2D eigenvalue weighted by atomic mass is 19.4. The molecular weight excluding hydrogens is 551 g/mol. The Hall–Kier alpha value is -4.13. The van der Waals surface area contributed by atoms with Gasteiger partial charge in [-0.25, -0.2) is 9.59 Å². The highest BCUT2D eigenvalue weighted by Crippen LogP contribution is 2.43. The fraction of sp³-hybridized carbons (Fsp3) is 0.448. The molecule has 1 aromatic carbocycles. The Bertz CT molecular complexity index is 1660. The number of aryl methyl sites for hydroxylation is 1. The molecule has 6 rings (SSSR count). The highest BCUT2D eigenvalue weighted by molar-refractivity contribution is 5.67. The summed E-state index contributed by atoms with van der Waals surface area (Å²) in [6.07, 6.45) is 2.55. The quantitative estimate of drug-likeness (QED) is 0.340. The molecule has 4 heterocycles. The fourth-order valence-corrected chi connectivity index (χ4v) is 6.07. The number of methoxy groups -OCH3 is 1. The average molecular weight is 584 g/mol. The van der Waals surface area contributed by atoms with Gasteiger partial charge in [-0.15, -0.1) is 10.2 Å². The molecule has 1 amide bonds. The number of hydrogen-bond donors (Lipinski definition) is 0. The summed E-state index contributed by atoms with van der Waals surface area (Å²) in [6, 6.07) is 8.51. The van der Waals surface area contributed by atoms with Crippen LogP contribution in [0.25, 0.3) is 11.2 Å². The number of carbonyl (C=O) groups excluding carboxylic acids is 1. The zero-order valence-corrected chi connectivity index (χ0v) is 23.4. The van der Waals surface area contributed by atoms with Gasteiger partial charge < -0.3 is 14.2 Å². The van der Waals surface area contributed by atoms with Gasteiger partial charge in [0.05, 0.1) is 23.9 Å². The molecule has 2 aliphatic rings. The van der Waals surface area contributed by atoms with Crippen LogP contribution in [0.4, 0.5) is 18.0 Å². The molecule has 3 aromatic heterocycles. The van der Waals surface area contributed by atoms with Crippen molar-refractivity contribution < 1.29 is 22.7 Å². The summed E-state index contributed by atoms with van der Waals surface area (Å²) in [5.41, 5.74) is 0.137. The highest BCUT2D eigenvalue weighted by Gasteiger charge is 2.36. The molecule has 0 radical (unpaired) electrons. The first-order valence-electron chi connectivity index (χ1n) is 14.0. The zero-order chi connectivity index (χ0) is 29.6. The van der Waals surface area contributed by atoms with Crippen molar-refractivity contribution in [2.24, 2.45) is 13.0 Å². The molecule has 1 atom stereocenters. The van der Waals surface area contributed by atoms with E-state index in [-0.39, 0.29) is 18.0 Å². The van der Waals surface area contributed by atoms with Gasteiger partial charge in [0.25, 0.3) is 0 Å². The lowest BCUT2D eigenvalue weighted by Crippen LogP contribution is -2.48. The molecule has 1 saturated heterocycles. The van der Waals surface area contributed by atoms with E-state index in [9.17, 15) is 22.8 Å². The van der Waals surface area contributed by atoms with Crippen LogP contribution in [0.15, 0.2) is 53.8 Å². The number of ether oxygens (including phenoxy) is 1. The molecule has 1 unspecified atom stereocenters. The molecule has 4 aromatic rings. The number of hydrogen-bond acceptors (Lipinski definition) is 6. The third kappa shape index (κ3) is 5.17. The van der Waals surface area contributed by atoms with E-state index in [0.717, 1.165) is 41.1 Å². The van der Waals surface area contributed by atoms with Gasteiger partial charge in [-0.1, -0.05) is 18.6 Å². The summed E-state index contributed by atoms with van der Waals surface area (Å²) in [5, 5.41) is 8.40. The number of alkyl halides is 3. The summed E-state index contributed by atoms with van der Waals surface area (Å²) in [5.74, 6) is 1.17. The van der Waals surface area contributed by atoms with Crippen molar-refractivity contribution in [2.45, 2.75) is 37.9 Å². The topological polar surface area (TPSA) is 89.9 Å². The lowest BCUT2D eigenvalue weighted by Gasteiger charge is -2.33. The maximum Gasteiger partial charge on any atom is 0.418 e. The van der Waals surface area contributed by atoms with E-state index < -0.39 is 23.5 Å². The predicted octanol–water partition coefficient (Wildman–Crippen LogP) is 4.05. The molecule has 0 spiro atoms. The fourth-order valence-electron chi connectivity index (χ4n) is 6.07. The SMILES string of the molecule is COC(=O)N1CCN(Cc2cc(C(F)(F)F)c3cn(-c4cccc(C(c5nncn5C)C5CCC5)c4)c(=O)n3c2)CC1. The number of carbonyl (C=O) groups is 1. The van der Waals surface area contributed by atoms with Crippen LogP contribution in [0.5, 0.6) is 0 Å². The summed E-state index contributed by atoms with van der Waals surface area (Å²) in [6.45, 7) is 1.98. The molecule has 2 fully saturated rings. The number of imidazole rings is 1. The van der Waals surface area contributed by atoms with E-state index in [0.29, 0.717) is 43.3 Å². The van der Waals surface area contributed by atoms with Crippen LogP contribution in [0.2, 0.25) is 0 Å². The first-order chi connectivity index (χ1) is 20.1. The minimum absolute atomic E-state index is 0.0316. The van der Waals surface area contributed by atoms with Gasteiger partial charge in [0, 0.05) is 58.1 Å². The molecule has 10 nitrogen and oxygen atoms in total. The average Bonchev–Trinajstić information content (AvgIpc) is 3.52. The number of piperazine rings is 1. The molecule has 1 aliphatic carbocycles. The van der Waals surface area contributed by atoms with E-state index in [2.05, 4.69) is 10.2 Å². The molecule has 13 heteroatoms. The Labute approximate surface area is 239 Å². The van der Waals surface area contributed by atoms with E-state index >= 15 is 0 Å². The van der Waals surface area contributed by atoms with E-state index in [1.807, 2.05) is 34.7 Å². The Morgan fingerprint density at radius 3 is 2.50 bits per heavy atom. The standard InChI is InChI=1S/C29H32F3N7O3/c1-35-18-33-34-26(35)25(20-5-3-6-20)21-7-4-8-22(14-21)38-17-24-23(29(30,31)32)13-19(16-39(24)27(38)40)15-36-9-11-37(12-10-36)28(41)42-2/h4,7-8,13-14,16-18,20,25H,3,5-6,9-12,15H2,1-2H3. The number of aromatic nitrogens is 5. The minimum atomic E-state index is -4.66. The van der Waals surface area contributed by atoms with Crippen LogP contribution < -0.4 is 5.69 Å². The van der Waals surface area contributed by atoms with Crippen molar-refractivity contribution in [3.8, 4) is 5.69 Å². The van der Waals surface area contributed by atoms with Crippen LogP contribution in [0.1, 0.15) is 47.7 Å². The molecule has 1 aliphatic heterocycles. The van der Waals surface area contributed by atoms with Crippen molar-refractivity contribution >= 4 is 11.6 Å². The van der Waals surface area contributed by atoms with Gasteiger partial charge in [0.1, 0.15) is 12.2 Å². The van der Waals surface area contributed by atoms with E-state index in [1.165, 1.54) is 24.1 Å². The van der Waals surface area contributed by atoms with Gasteiger partial charge in [0.15, 0.2) is 0 Å². The Morgan fingerprint density at radius 1 is 1.12 bits per heavy atom. The number of pyridine rings is 1. The summed E-state index contributed by atoms with van der Waals surface area (Å²) < 4.78 is 51.9. The van der Waals surface area contributed by atoms with Crippen molar-refractivity contribution in [1.82, 2.24) is 33.5 Å². The largest absolute Gasteiger partial charge is 0.453 e. The van der Waals surface area contributed by atoms with Gasteiger partial charge >= 0.3 is 18.0 Å². The first kappa shape index (κ1) is 28.0. The second-order valence-corrected chi connectivity index (χ2v) is 11.1. The second kappa shape index (κ2) is 10.9. The van der Waals surface area contributed by atoms with Gasteiger partial charge in [-0.05, 0) is 48.1 Å². The van der Waals surface area contributed by atoms with Crippen molar-refractivity contribution in [1.29, 1.82) is 0 Å². The number of fused-ring (bicyclic) bond motifs is 1. The lowest BCUT2D eigenvalue weighted by molar-refractivity contribution is -0.136. The number of amides is 1. The zero-order valence-electron chi connectivity index (χ0n) is 23.4. The molecule has 1 saturated carbocycles. The molecule has 222 valence electrons. The summed E-state index contributed by atoms with van der Waals surface area (Å²) in [7, 11) is 3.21. The number of rotatable bonds is 6. The van der Waals surface area contributed by atoms with Crippen LogP contribution in [0.3, 0.4) is 0 Å². The normalized spacial score (nSPS) is 17.4. The third-order valence-electron chi connectivity index (χ3n) is 8.49. The monoisotopic (exact) mass is 583 g/mol. The van der Waals surface area contributed by atoms with Gasteiger partial charge in [-0.2, -0.15) is 13.2 Å². The van der Waals surface area contributed by atoms with Crippen LogP contribution in [0, 0.1) is 5.92 Å². The second-order valence-electron chi connectivity index (χ2n) is 11.1. The first-order valence-corrected chi connectivity index (χ1v) is 14.0. The smallest absolute Gasteiger partial charge is 0.418 e. The Kier molecular flexibility index (Phi) is 7.29. The predicted molar refractivity (Wildman–Crippen MR) is 147 cm³/mol. The molecule has 0 N–H and O–H groups in total. The van der Waals surface area contributed by atoms with Crippen LogP contribution >= 0.6 is 0 Å². The molecule has 42 heavy (non-hydrogen) atoms. The van der Waals surface area contributed by atoms with E-state index in [4.69, 9.17) is 4.74 Å². The maximum atomic E-state index is 14.3. The Balaban J connectivity index is 1.36. The number of benzene rings is 1. The van der Waals surface area contributed by atoms with Gasteiger partial charge in [0.2, 0.25) is 0 Å².